The molecule has 1 aliphatic rings. The third-order valence-electron chi connectivity index (χ3n) is 3.65. The number of hydrogen-bond donors (Lipinski definition) is 1. The van der Waals surface area contributed by atoms with Gasteiger partial charge < -0.3 is 10.1 Å². The van der Waals surface area contributed by atoms with Crippen LogP contribution in [0.4, 0.5) is 11.4 Å². The summed E-state index contributed by atoms with van der Waals surface area (Å²) in [5.41, 5.74) is 0.789. The van der Waals surface area contributed by atoms with E-state index in [1.807, 2.05) is 52.0 Å². The first-order valence-corrected chi connectivity index (χ1v) is 7.61. The summed E-state index contributed by atoms with van der Waals surface area (Å²) >= 11 is 0. The SMILES string of the molecule is CC(C)COC(=O)C(C)N1C(=O)C(C)(C)Nc2ccccc21. The van der Waals surface area contributed by atoms with E-state index in [-0.39, 0.29) is 17.8 Å². The average Bonchev–Trinajstić information content (AvgIpc) is 2.45. The zero-order chi connectivity index (χ0) is 16.5. The quantitative estimate of drug-likeness (QED) is 0.869. The second-order valence-electron chi connectivity index (χ2n) is 6.64. The Bertz CT molecular complexity index is 581. The molecule has 0 saturated carbocycles. The Morgan fingerprint density at radius 2 is 1.91 bits per heavy atom. The number of anilines is 2. The molecular formula is C17H24N2O3. The van der Waals surface area contributed by atoms with E-state index < -0.39 is 11.6 Å². The number of nitrogens with zero attached hydrogens (tertiary/aromatic N) is 1. The van der Waals surface area contributed by atoms with Gasteiger partial charge in [-0.15, -0.1) is 0 Å². The third kappa shape index (κ3) is 3.08. The molecule has 1 atom stereocenters. The lowest BCUT2D eigenvalue weighted by molar-refractivity contribution is -0.147. The molecule has 1 aromatic rings. The summed E-state index contributed by atoms with van der Waals surface area (Å²) in [6.07, 6.45) is 0. The Morgan fingerprint density at radius 1 is 1.27 bits per heavy atom. The van der Waals surface area contributed by atoms with Crippen molar-refractivity contribution in [3.05, 3.63) is 24.3 Å². The summed E-state index contributed by atoms with van der Waals surface area (Å²) in [7, 11) is 0. The lowest BCUT2D eigenvalue weighted by Gasteiger charge is -2.41. The minimum Gasteiger partial charge on any atom is -0.464 e. The molecule has 0 bridgehead atoms. The van der Waals surface area contributed by atoms with Gasteiger partial charge in [0.15, 0.2) is 0 Å². The zero-order valence-electron chi connectivity index (χ0n) is 13.8. The lowest BCUT2D eigenvalue weighted by Crippen LogP contribution is -2.58. The highest BCUT2D eigenvalue weighted by molar-refractivity contribution is 6.10. The Kier molecular flexibility index (Phi) is 4.44. The molecule has 2 rings (SSSR count). The largest absolute Gasteiger partial charge is 0.464 e. The van der Waals surface area contributed by atoms with E-state index in [1.165, 1.54) is 4.90 Å². The molecule has 0 fully saturated rings. The van der Waals surface area contributed by atoms with Gasteiger partial charge in [0.25, 0.3) is 5.91 Å². The summed E-state index contributed by atoms with van der Waals surface area (Å²) in [5.74, 6) is -0.256. The summed E-state index contributed by atoms with van der Waals surface area (Å²) in [6.45, 7) is 9.64. The molecule has 5 nitrogen and oxygen atoms in total. The van der Waals surface area contributed by atoms with E-state index in [0.717, 1.165) is 5.69 Å². The van der Waals surface area contributed by atoms with Crippen LogP contribution < -0.4 is 10.2 Å². The molecule has 1 unspecified atom stereocenters. The molecule has 1 N–H and O–H groups in total. The standard InChI is InChI=1S/C17H24N2O3/c1-11(2)10-22-15(20)12(3)19-14-9-7-6-8-13(14)18-17(4,5)16(19)21/h6-9,11-12,18H,10H2,1-5H3. The molecular weight excluding hydrogens is 280 g/mol. The van der Waals surface area contributed by atoms with Crippen molar-refractivity contribution in [3.8, 4) is 0 Å². The van der Waals surface area contributed by atoms with Crippen LogP contribution in [-0.4, -0.2) is 30.1 Å². The number of benzene rings is 1. The summed E-state index contributed by atoms with van der Waals surface area (Å²) in [6, 6.07) is 6.83. The van der Waals surface area contributed by atoms with Crippen LogP contribution in [0.2, 0.25) is 0 Å². The second-order valence-corrected chi connectivity index (χ2v) is 6.64. The first kappa shape index (κ1) is 16.3. The van der Waals surface area contributed by atoms with Gasteiger partial charge in [0.2, 0.25) is 0 Å². The first-order chi connectivity index (χ1) is 10.2. The predicted molar refractivity (Wildman–Crippen MR) is 86.9 cm³/mol. The van der Waals surface area contributed by atoms with E-state index in [9.17, 15) is 9.59 Å². The highest BCUT2D eigenvalue weighted by atomic mass is 16.5. The number of nitrogens with one attached hydrogen (secondary N) is 1. The number of esters is 1. The van der Waals surface area contributed by atoms with Gasteiger partial charge in [-0.05, 0) is 38.8 Å². The van der Waals surface area contributed by atoms with Crippen LogP contribution in [0.3, 0.4) is 0 Å². The lowest BCUT2D eigenvalue weighted by atomic mass is 9.96. The molecule has 0 spiro atoms. The van der Waals surface area contributed by atoms with E-state index in [0.29, 0.717) is 12.3 Å². The van der Waals surface area contributed by atoms with Gasteiger partial charge in [0.05, 0.1) is 18.0 Å². The van der Waals surface area contributed by atoms with Crippen molar-refractivity contribution < 1.29 is 14.3 Å². The molecule has 5 heteroatoms. The molecule has 120 valence electrons. The van der Waals surface area contributed by atoms with Crippen LogP contribution in [0, 0.1) is 5.92 Å². The van der Waals surface area contributed by atoms with Crippen molar-refractivity contribution in [2.24, 2.45) is 5.92 Å². The van der Waals surface area contributed by atoms with Gasteiger partial charge in [0, 0.05) is 0 Å². The van der Waals surface area contributed by atoms with Crippen LogP contribution in [0.25, 0.3) is 0 Å². The van der Waals surface area contributed by atoms with Crippen molar-refractivity contribution in [2.45, 2.75) is 46.2 Å². The molecule has 22 heavy (non-hydrogen) atoms. The molecule has 0 saturated heterocycles. The maximum Gasteiger partial charge on any atom is 0.328 e. The summed E-state index contributed by atoms with van der Waals surface area (Å²) in [5, 5.41) is 3.22. The number of para-hydroxylation sites is 2. The Morgan fingerprint density at radius 3 is 2.55 bits per heavy atom. The van der Waals surface area contributed by atoms with Crippen molar-refractivity contribution >= 4 is 23.3 Å². The highest BCUT2D eigenvalue weighted by Crippen LogP contribution is 2.36. The minimum absolute atomic E-state index is 0.139. The molecule has 0 radical (unpaired) electrons. The molecule has 1 heterocycles. The molecule has 1 aliphatic heterocycles. The van der Waals surface area contributed by atoms with E-state index in [4.69, 9.17) is 4.74 Å². The van der Waals surface area contributed by atoms with E-state index in [1.54, 1.807) is 6.92 Å². The number of ether oxygens (including phenoxy) is 1. The maximum absolute atomic E-state index is 12.7. The molecule has 1 amide bonds. The number of amides is 1. The molecule has 0 aliphatic carbocycles. The Balaban J connectivity index is 2.31. The minimum atomic E-state index is -0.763. The molecule has 0 aromatic heterocycles. The van der Waals surface area contributed by atoms with Gasteiger partial charge in [0.1, 0.15) is 11.6 Å². The fourth-order valence-electron chi connectivity index (χ4n) is 2.45. The first-order valence-electron chi connectivity index (χ1n) is 7.61. The second kappa shape index (κ2) is 5.99. The molecule has 1 aromatic carbocycles. The smallest absolute Gasteiger partial charge is 0.328 e. The van der Waals surface area contributed by atoms with Gasteiger partial charge in [-0.3, -0.25) is 9.69 Å². The Labute approximate surface area is 131 Å². The van der Waals surface area contributed by atoms with E-state index >= 15 is 0 Å². The van der Waals surface area contributed by atoms with Gasteiger partial charge in [-0.25, -0.2) is 4.79 Å². The highest BCUT2D eigenvalue weighted by Gasteiger charge is 2.42. The number of fused-ring (bicyclic) bond motifs is 1. The fourth-order valence-corrected chi connectivity index (χ4v) is 2.45. The van der Waals surface area contributed by atoms with Crippen LogP contribution in [0.5, 0.6) is 0 Å². The van der Waals surface area contributed by atoms with Crippen molar-refractivity contribution in [1.29, 1.82) is 0 Å². The van der Waals surface area contributed by atoms with Crippen LogP contribution in [-0.2, 0) is 14.3 Å². The van der Waals surface area contributed by atoms with Gasteiger partial charge in [-0.2, -0.15) is 0 Å². The normalized spacial score (nSPS) is 17.7. The predicted octanol–water partition coefficient (Wildman–Crippen LogP) is 2.81. The van der Waals surface area contributed by atoms with Crippen LogP contribution in [0.1, 0.15) is 34.6 Å². The van der Waals surface area contributed by atoms with Gasteiger partial charge >= 0.3 is 5.97 Å². The number of hydrogen-bond acceptors (Lipinski definition) is 4. The van der Waals surface area contributed by atoms with Crippen LogP contribution >= 0.6 is 0 Å². The summed E-state index contributed by atoms with van der Waals surface area (Å²) in [4.78, 5) is 26.6. The fraction of sp³-hybridized carbons (Fsp3) is 0.529. The number of carbonyl (C=O) groups excluding carboxylic acids is 2. The Hall–Kier alpha value is -2.04. The zero-order valence-corrected chi connectivity index (χ0v) is 13.8. The van der Waals surface area contributed by atoms with Crippen molar-refractivity contribution in [3.63, 3.8) is 0 Å². The average molecular weight is 304 g/mol. The van der Waals surface area contributed by atoms with Crippen molar-refractivity contribution in [1.82, 2.24) is 0 Å². The topological polar surface area (TPSA) is 58.6 Å². The number of rotatable bonds is 4. The van der Waals surface area contributed by atoms with E-state index in [2.05, 4.69) is 5.32 Å². The van der Waals surface area contributed by atoms with Gasteiger partial charge in [-0.1, -0.05) is 26.0 Å². The third-order valence-corrected chi connectivity index (χ3v) is 3.65. The summed E-state index contributed by atoms with van der Waals surface area (Å²) < 4.78 is 5.30. The monoisotopic (exact) mass is 304 g/mol. The van der Waals surface area contributed by atoms with Crippen LogP contribution in [0.15, 0.2) is 24.3 Å². The van der Waals surface area contributed by atoms with Crippen molar-refractivity contribution in [2.75, 3.05) is 16.8 Å². The number of carbonyl (C=O) groups is 2. The maximum atomic E-state index is 12.7.